The molecule has 2 N–H and O–H groups in total. The first-order valence-corrected chi connectivity index (χ1v) is 9.30. The Morgan fingerprint density at radius 3 is 2.38 bits per heavy atom. The van der Waals surface area contributed by atoms with Crippen LogP contribution < -0.4 is 5.32 Å². The van der Waals surface area contributed by atoms with E-state index < -0.39 is 0 Å². The van der Waals surface area contributed by atoms with Crippen LogP contribution in [0.5, 0.6) is 0 Å². The van der Waals surface area contributed by atoms with Gasteiger partial charge in [-0.2, -0.15) is 0 Å². The molecule has 0 spiro atoms. The molecule has 2 aliphatic carbocycles. The van der Waals surface area contributed by atoms with Gasteiger partial charge in [-0.3, -0.25) is 4.90 Å². The molecule has 3 unspecified atom stereocenters. The Labute approximate surface area is 130 Å². The molecule has 1 heterocycles. The monoisotopic (exact) mass is 294 g/mol. The van der Waals surface area contributed by atoms with Crippen molar-refractivity contribution in [2.24, 2.45) is 11.8 Å². The molecule has 3 rings (SSSR count). The fourth-order valence-corrected chi connectivity index (χ4v) is 4.31. The molecular weight excluding hydrogens is 260 g/mol. The van der Waals surface area contributed by atoms with Crippen LogP contribution in [0, 0.1) is 11.8 Å². The third kappa shape index (κ3) is 4.43. The first-order chi connectivity index (χ1) is 10.1. The van der Waals surface area contributed by atoms with Crippen LogP contribution in [-0.2, 0) is 0 Å². The third-order valence-electron chi connectivity index (χ3n) is 5.80. The Balaban J connectivity index is 1.55. The van der Waals surface area contributed by atoms with E-state index in [1.807, 2.05) is 0 Å². The first kappa shape index (κ1) is 15.8. The molecule has 122 valence electrons. The number of piperidine rings is 1. The Morgan fingerprint density at radius 2 is 1.76 bits per heavy atom. The van der Waals surface area contributed by atoms with E-state index >= 15 is 0 Å². The quantitative estimate of drug-likeness (QED) is 0.791. The number of nitrogens with one attached hydrogen (secondary N) is 1. The minimum Gasteiger partial charge on any atom is -0.393 e. The SMILES string of the molecule is CC(C)C(O)CC1CC(NC2CCCC2)CN(C2CC2)C1. The van der Waals surface area contributed by atoms with E-state index in [0.29, 0.717) is 17.9 Å². The Kier molecular flexibility index (Phi) is 5.23. The lowest BCUT2D eigenvalue weighted by Crippen LogP contribution is -2.52. The third-order valence-corrected chi connectivity index (χ3v) is 5.80. The molecular formula is C18H34N2O. The number of aliphatic hydroxyl groups is 1. The maximum Gasteiger partial charge on any atom is 0.0566 e. The summed E-state index contributed by atoms with van der Waals surface area (Å²) in [5.41, 5.74) is 0. The van der Waals surface area contributed by atoms with Crippen molar-refractivity contribution < 1.29 is 5.11 Å². The molecule has 3 aliphatic rings. The van der Waals surface area contributed by atoms with Crippen molar-refractivity contribution in [1.82, 2.24) is 10.2 Å². The van der Waals surface area contributed by atoms with E-state index in [4.69, 9.17) is 0 Å². The van der Waals surface area contributed by atoms with Crippen LogP contribution in [0.25, 0.3) is 0 Å². The summed E-state index contributed by atoms with van der Waals surface area (Å²) in [4.78, 5) is 2.72. The molecule has 0 amide bonds. The maximum atomic E-state index is 10.3. The maximum absolute atomic E-state index is 10.3. The van der Waals surface area contributed by atoms with E-state index in [1.165, 1.54) is 58.0 Å². The highest BCUT2D eigenvalue weighted by atomic mass is 16.3. The number of rotatable bonds is 6. The molecule has 0 bridgehead atoms. The smallest absolute Gasteiger partial charge is 0.0566 e. The molecule has 3 heteroatoms. The molecule has 3 fully saturated rings. The zero-order chi connectivity index (χ0) is 14.8. The molecule has 1 saturated heterocycles. The molecule has 3 atom stereocenters. The van der Waals surface area contributed by atoms with Gasteiger partial charge in [-0.25, -0.2) is 0 Å². The Bertz CT molecular complexity index is 307. The van der Waals surface area contributed by atoms with Crippen molar-refractivity contribution >= 4 is 0 Å². The lowest BCUT2D eigenvalue weighted by molar-refractivity contribution is 0.0576. The standard InChI is InChI=1S/C18H34N2O/c1-13(2)18(21)10-14-9-16(19-15-5-3-4-6-15)12-20(11-14)17-7-8-17/h13-19,21H,3-12H2,1-2H3. The van der Waals surface area contributed by atoms with Crippen molar-refractivity contribution in [3.05, 3.63) is 0 Å². The minimum atomic E-state index is -0.124. The second-order valence-electron chi connectivity index (χ2n) is 8.18. The van der Waals surface area contributed by atoms with E-state index in [-0.39, 0.29) is 6.10 Å². The predicted octanol–water partition coefficient (Wildman–Crippen LogP) is 2.78. The minimum absolute atomic E-state index is 0.124. The average Bonchev–Trinajstić information content (AvgIpc) is 3.18. The van der Waals surface area contributed by atoms with Crippen molar-refractivity contribution in [2.75, 3.05) is 13.1 Å². The number of hydrogen-bond acceptors (Lipinski definition) is 3. The normalized spacial score (nSPS) is 33.7. The predicted molar refractivity (Wildman–Crippen MR) is 87.3 cm³/mol. The lowest BCUT2D eigenvalue weighted by atomic mass is 9.86. The number of aliphatic hydroxyl groups excluding tert-OH is 1. The second-order valence-corrected chi connectivity index (χ2v) is 8.18. The molecule has 0 radical (unpaired) electrons. The summed E-state index contributed by atoms with van der Waals surface area (Å²) >= 11 is 0. The molecule has 21 heavy (non-hydrogen) atoms. The summed E-state index contributed by atoms with van der Waals surface area (Å²) < 4.78 is 0. The highest BCUT2D eigenvalue weighted by Gasteiger charge is 2.37. The number of hydrogen-bond donors (Lipinski definition) is 2. The van der Waals surface area contributed by atoms with Crippen molar-refractivity contribution in [3.63, 3.8) is 0 Å². The molecule has 2 saturated carbocycles. The van der Waals surface area contributed by atoms with Crippen molar-refractivity contribution in [3.8, 4) is 0 Å². The molecule has 0 aromatic rings. The number of nitrogens with zero attached hydrogens (tertiary/aromatic N) is 1. The molecule has 0 aromatic carbocycles. The van der Waals surface area contributed by atoms with Gasteiger partial charge in [0.15, 0.2) is 0 Å². The largest absolute Gasteiger partial charge is 0.393 e. The summed E-state index contributed by atoms with van der Waals surface area (Å²) in [7, 11) is 0. The fraction of sp³-hybridized carbons (Fsp3) is 1.00. The van der Waals surface area contributed by atoms with E-state index in [0.717, 1.165) is 18.5 Å². The van der Waals surface area contributed by atoms with Gasteiger partial charge in [-0.15, -0.1) is 0 Å². The molecule has 1 aliphatic heterocycles. The van der Waals surface area contributed by atoms with Gasteiger partial charge in [-0.05, 0) is 50.4 Å². The van der Waals surface area contributed by atoms with Gasteiger partial charge in [-0.1, -0.05) is 26.7 Å². The van der Waals surface area contributed by atoms with Crippen LogP contribution >= 0.6 is 0 Å². The fourth-order valence-electron chi connectivity index (χ4n) is 4.31. The van der Waals surface area contributed by atoms with Gasteiger partial charge < -0.3 is 10.4 Å². The topological polar surface area (TPSA) is 35.5 Å². The summed E-state index contributed by atoms with van der Waals surface area (Å²) in [6.45, 7) is 6.74. The van der Waals surface area contributed by atoms with Crippen LogP contribution in [0.15, 0.2) is 0 Å². The second kappa shape index (κ2) is 6.97. The zero-order valence-corrected chi connectivity index (χ0v) is 13.9. The highest BCUT2D eigenvalue weighted by Crippen LogP contribution is 2.33. The van der Waals surface area contributed by atoms with Gasteiger partial charge in [0, 0.05) is 31.2 Å². The number of likely N-dealkylation sites (tertiary alicyclic amines) is 1. The van der Waals surface area contributed by atoms with Gasteiger partial charge in [0.05, 0.1) is 6.10 Å². The summed E-state index contributed by atoms with van der Waals surface area (Å²) in [6.07, 6.45) is 10.5. The summed E-state index contributed by atoms with van der Waals surface area (Å²) in [6, 6.07) is 2.29. The van der Waals surface area contributed by atoms with Gasteiger partial charge in [0.25, 0.3) is 0 Å². The first-order valence-electron chi connectivity index (χ1n) is 9.30. The van der Waals surface area contributed by atoms with Gasteiger partial charge >= 0.3 is 0 Å². The van der Waals surface area contributed by atoms with Gasteiger partial charge in [0.1, 0.15) is 0 Å². The van der Waals surface area contributed by atoms with Crippen LogP contribution in [0.4, 0.5) is 0 Å². The van der Waals surface area contributed by atoms with Gasteiger partial charge in [0.2, 0.25) is 0 Å². The molecule has 0 aromatic heterocycles. The molecule has 3 nitrogen and oxygen atoms in total. The van der Waals surface area contributed by atoms with E-state index in [9.17, 15) is 5.11 Å². The summed E-state index contributed by atoms with van der Waals surface area (Å²) in [5, 5.41) is 14.2. The lowest BCUT2D eigenvalue weighted by Gasteiger charge is -2.40. The zero-order valence-electron chi connectivity index (χ0n) is 13.9. The van der Waals surface area contributed by atoms with Crippen molar-refractivity contribution in [1.29, 1.82) is 0 Å². The van der Waals surface area contributed by atoms with E-state index in [1.54, 1.807) is 0 Å². The van der Waals surface area contributed by atoms with Crippen LogP contribution in [0.2, 0.25) is 0 Å². The van der Waals surface area contributed by atoms with Crippen molar-refractivity contribution in [2.45, 2.75) is 89.4 Å². The van der Waals surface area contributed by atoms with Crippen LogP contribution in [0.3, 0.4) is 0 Å². The van der Waals surface area contributed by atoms with Crippen LogP contribution in [-0.4, -0.2) is 47.3 Å². The summed E-state index contributed by atoms with van der Waals surface area (Å²) in [5.74, 6) is 1.07. The van der Waals surface area contributed by atoms with E-state index in [2.05, 4.69) is 24.1 Å². The Morgan fingerprint density at radius 1 is 1.05 bits per heavy atom. The average molecular weight is 294 g/mol. The highest BCUT2D eigenvalue weighted by molar-refractivity contribution is 4.94. The van der Waals surface area contributed by atoms with Crippen LogP contribution in [0.1, 0.15) is 65.2 Å². The Hall–Kier alpha value is -0.120.